The molecule has 1 aromatic heterocycles. The Hall–Kier alpha value is -1.61. The highest BCUT2D eigenvalue weighted by molar-refractivity contribution is 5.98. The van der Waals surface area contributed by atoms with Crippen LogP contribution in [0.5, 0.6) is 0 Å². The van der Waals surface area contributed by atoms with Crippen molar-refractivity contribution in [2.75, 3.05) is 0 Å². The minimum Gasteiger partial charge on any atom is -0.453 e. The van der Waals surface area contributed by atoms with Crippen LogP contribution in [0.2, 0.25) is 0 Å². The molecule has 0 saturated heterocycles. The van der Waals surface area contributed by atoms with Gasteiger partial charge >= 0.3 is 0 Å². The molecule has 0 saturated carbocycles. The van der Waals surface area contributed by atoms with Crippen LogP contribution in [-0.4, -0.2) is 11.3 Å². The number of rotatable bonds is 3. The molecule has 90 valence electrons. The Balaban J connectivity index is 2.33. The first-order valence-electron chi connectivity index (χ1n) is 5.67. The van der Waals surface area contributed by atoms with Gasteiger partial charge in [-0.3, -0.25) is 4.79 Å². The van der Waals surface area contributed by atoms with Crippen LogP contribution in [-0.2, 0) is 0 Å². The van der Waals surface area contributed by atoms with Gasteiger partial charge in [0.15, 0.2) is 11.5 Å². The van der Waals surface area contributed by atoms with Crippen LogP contribution < -0.4 is 5.73 Å². The summed E-state index contributed by atoms with van der Waals surface area (Å²) in [4.78, 5) is 11.9. The summed E-state index contributed by atoms with van der Waals surface area (Å²) in [5.41, 5.74) is 7.22. The molecule has 3 heteroatoms. The van der Waals surface area contributed by atoms with Crippen LogP contribution in [0.1, 0.15) is 36.4 Å². The maximum atomic E-state index is 11.9. The summed E-state index contributed by atoms with van der Waals surface area (Å²) >= 11 is 0. The molecule has 3 nitrogen and oxygen atoms in total. The van der Waals surface area contributed by atoms with Crippen molar-refractivity contribution >= 4 is 16.8 Å². The second-order valence-corrected chi connectivity index (χ2v) is 5.24. The number of Topliss-reactive ketones (excluding diaryl/α,β-unsaturated/α-hetero) is 1. The molecule has 0 radical (unpaired) electrons. The maximum absolute atomic E-state index is 11.9. The molecular weight excluding hydrogens is 214 g/mol. The first-order valence-corrected chi connectivity index (χ1v) is 5.67. The first-order chi connectivity index (χ1) is 7.85. The molecular formula is C14H17NO2. The fourth-order valence-electron chi connectivity index (χ4n) is 1.80. The van der Waals surface area contributed by atoms with Crippen molar-refractivity contribution in [1.82, 2.24) is 0 Å². The van der Waals surface area contributed by atoms with Gasteiger partial charge in [-0.15, -0.1) is 0 Å². The highest BCUT2D eigenvalue weighted by Crippen LogP contribution is 2.22. The van der Waals surface area contributed by atoms with Crippen molar-refractivity contribution in [3.8, 4) is 0 Å². The van der Waals surface area contributed by atoms with Crippen LogP contribution in [0.3, 0.4) is 0 Å². The van der Waals surface area contributed by atoms with Crippen LogP contribution in [0.25, 0.3) is 11.0 Å². The number of ketones is 1. The van der Waals surface area contributed by atoms with Gasteiger partial charge in [-0.05, 0) is 39.0 Å². The SMILES string of the molecule is Cc1ccc2oc(C(=O)CC(C)(C)N)cc2c1. The largest absolute Gasteiger partial charge is 0.453 e. The summed E-state index contributed by atoms with van der Waals surface area (Å²) in [6.07, 6.45) is 0.284. The van der Waals surface area contributed by atoms with Crippen molar-refractivity contribution in [2.24, 2.45) is 5.73 Å². The molecule has 2 N–H and O–H groups in total. The average molecular weight is 231 g/mol. The van der Waals surface area contributed by atoms with E-state index in [1.165, 1.54) is 0 Å². The topological polar surface area (TPSA) is 56.2 Å². The Morgan fingerprint density at radius 3 is 2.71 bits per heavy atom. The van der Waals surface area contributed by atoms with E-state index in [1.807, 2.05) is 39.0 Å². The zero-order valence-electron chi connectivity index (χ0n) is 10.4. The standard InChI is InChI=1S/C14H17NO2/c1-9-4-5-12-10(6-9)7-13(17-12)11(16)8-14(2,3)15/h4-7H,8,15H2,1-3H3. The molecule has 0 unspecified atom stereocenters. The minimum atomic E-state index is -0.508. The quantitative estimate of drug-likeness (QED) is 0.826. The number of carbonyl (C=O) groups is 1. The second kappa shape index (κ2) is 4.00. The van der Waals surface area contributed by atoms with Gasteiger partial charge in [-0.1, -0.05) is 11.6 Å². The summed E-state index contributed by atoms with van der Waals surface area (Å²) in [7, 11) is 0. The third-order valence-electron chi connectivity index (χ3n) is 2.56. The molecule has 2 rings (SSSR count). The Morgan fingerprint density at radius 2 is 2.06 bits per heavy atom. The molecule has 0 bridgehead atoms. The summed E-state index contributed by atoms with van der Waals surface area (Å²) in [6.45, 7) is 5.67. The Morgan fingerprint density at radius 1 is 1.35 bits per heavy atom. The molecule has 0 aliphatic carbocycles. The van der Waals surface area contributed by atoms with Gasteiger partial charge in [0.25, 0.3) is 0 Å². The van der Waals surface area contributed by atoms with E-state index >= 15 is 0 Å². The number of furan rings is 1. The van der Waals surface area contributed by atoms with Gasteiger partial charge in [-0.25, -0.2) is 0 Å². The predicted octanol–water partition coefficient (Wildman–Crippen LogP) is 3.05. The molecule has 2 aromatic rings. The molecule has 0 amide bonds. The second-order valence-electron chi connectivity index (χ2n) is 5.24. The van der Waals surface area contributed by atoms with E-state index in [0.717, 1.165) is 16.5 Å². The lowest BCUT2D eigenvalue weighted by molar-refractivity contribution is 0.0935. The average Bonchev–Trinajstić information content (AvgIpc) is 2.57. The number of aryl methyl sites for hydroxylation is 1. The summed E-state index contributed by atoms with van der Waals surface area (Å²) < 4.78 is 5.53. The summed E-state index contributed by atoms with van der Waals surface area (Å²) in [5.74, 6) is 0.343. The zero-order valence-corrected chi connectivity index (χ0v) is 10.4. The number of nitrogens with two attached hydrogens (primary N) is 1. The lowest BCUT2D eigenvalue weighted by Crippen LogP contribution is -2.34. The highest BCUT2D eigenvalue weighted by Gasteiger charge is 2.20. The number of hydrogen-bond acceptors (Lipinski definition) is 3. The number of fused-ring (bicyclic) bond motifs is 1. The zero-order chi connectivity index (χ0) is 12.6. The molecule has 0 spiro atoms. The van der Waals surface area contributed by atoms with Crippen molar-refractivity contribution < 1.29 is 9.21 Å². The number of hydrogen-bond donors (Lipinski definition) is 1. The fourth-order valence-corrected chi connectivity index (χ4v) is 1.80. The number of benzene rings is 1. The van der Waals surface area contributed by atoms with Crippen molar-refractivity contribution in [2.45, 2.75) is 32.7 Å². The van der Waals surface area contributed by atoms with E-state index in [0.29, 0.717) is 5.76 Å². The van der Waals surface area contributed by atoms with Gasteiger partial charge in [0.2, 0.25) is 0 Å². The van der Waals surface area contributed by atoms with Gasteiger partial charge in [0.1, 0.15) is 5.58 Å². The van der Waals surface area contributed by atoms with Crippen LogP contribution >= 0.6 is 0 Å². The van der Waals surface area contributed by atoms with Gasteiger partial charge in [0.05, 0.1) is 0 Å². The monoisotopic (exact) mass is 231 g/mol. The van der Waals surface area contributed by atoms with Crippen molar-refractivity contribution in [1.29, 1.82) is 0 Å². The highest BCUT2D eigenvalue weighted by atomic mass is 16.3. The van der Waals surface area contributed by atoms with Crippen LogP contribution in [0.4, 0.5) is 0 Å². The third-order valence-corrected chi connectivity index (χ3v) is 2.56. The smallest absolute Gasteiger partial charge is 0.199 e. The molecule has 0 fully saturated rings. The van der Waals surface area contributed by atoms with E-state index < -0.39 is 5.54 Å². The number of carbonyl (C=O) groups excluding carboxylic acids is 1. The van der Waals surface area contributed by atoms with E-state index in [2.05, 4.69) is 0 Å². The Labute approximate surface area is 101 Å². The van der Waals surface area contributed by atoms with Crippen LogP contribution in [0.15, 0.2) is 28.7 Å². The normalized spacial score (nSPS) is 12.0. The molecule has 1 heterocycles. The van der Waals surface area contributed by atoms with Gasteiger partial charge < -0.3 is 10.2 Å². The predicted molar refractivity (Wildman–Crippen MR) is 68.2 cm³/mol. The molecule has 0 atom stereocenters. The van der Waals surface area contributed by atoms with E-state index in [9.17, 15) is 4.79 Å². The molecule has 1 aromatic carbocycles. The summed E-state index contributed by atoms with van der Waals surface area (Å²) in [6, 6.07) is 7.64. The molecule has 0 aliphatic heterocycles. The van der Waals surface area contributed by atoms with Crippen molar-refractivity contribution in [3.05, 3.63) is 35.6 Å². The van der Waals surface area contributed by atoms with E-state index in [4.69, 9.17) is 10.2 Å². The van der Waals surface area contributed by atoms with Crippen molar-refractivity contribution in [3.63, 3.8) is 0 Å². The van der Waals surface area contributed by atoms with Gasteiger partial charge in [-0.2, -0.15) is 0 Å². The summed E-state index contributed by atoms with van der Waals surface area (Å²) in [5, 5.41) is 0.961. The Kier molecular flexibility index (Phi) is 2.79. The third kappa shape index (κ3) is 2.74. The minimum absolute atomic E-state index is 0.0497. The van der Waals surface area contributed by atoms with Crippen LogP contribution in [0, 0.1) is 6.92 Å². The van der Waals surface area contributed by atoms with E-state index in [-0.39, 0.29) is 12.2 Å². The fraction of sp³-hybridized carbons (Fsp3) is 0.357. The first kappa shape index (κ1) is 11.9. The lowest BCUT2D eigenvalue weighted by Gasteiger charge is -2.15. The lowest BCUT2D eigenvalue weighted by atomic mass is 9.98. The van der Waals surface area contributed by atoms with Gasteiger partial charge in [0, 0.05) is 17.3 Å². The Bertz CT molecular complexity index is 561. The van der Waals surface area contributed by atoms with E-state index in [1.54, 1.807) is 6.07 Å². The molecule has 17 heavy (non-hydrogen) atoms. The molecule has 0 aliphatic rings. The maximum Gasteiger partial charge on any atom is 0.199 e.